The lowest BCUT2D eigenvalue weighted by Gasteiger charge is -2.14. The third-order valence-corrected chi connectivity index (χ3v) is 2.84. The standard InChI is InChI=1S/C11H16N4O5S/c1-2-20-11(17)8(7-21)12-10(16)4-6-14-5-3-9(13-14)15(18)19/h3,5,8,21H,2,4,6-7H2,1H3,(H,12,16)/t8-/m0/s1. The number of nitrogens with one attached hydrogen (secondary N) is 1. The first-order chi connectivity index (χ1) is 9.97. The smallest absolute Gasteiger partial charge is 0.389 e. The van der Waals surface area contributed by atoms with E-state index in [1.807, 2.05) is 0 Å². The van der Waals surface area contributed by atoms with Crippen LogP contribution in [0.25, 0.3) is 0 Å². The van der Waals surface area contributed by atoms with Crippen LogP contribution in [0.4, 0.5) is 5.82 Å². The van der Waals surface area contributed by atoms with Crippen LogP contribution in [0.2, 0.25) is 0 Å². The van der Waals surface area contributed by atoms with Crippen LogP contribution < -0.4 is 5.32 Å². The predicted octanol–water partition coefficient (Wildman–Crippen LogP) is 0.159. The Kier molecular flexibility index (Phi) is 6.66. The van der Waals surface area contributed by atoms with Gasteiger partial charge in [0.25, 0.3) is 0 Å². The maximum absolute atomic E-state index is 11.7. The maximum atomic E-state index is 11.7. The van der Waals surface area contributed by atoms with E-state index in [-0.39, 0.29) is 37.1 Å². The molecule has 1 aromatic rings. The van der Waals surface area contributed by atoms with Crippen LogP contribution in [0.3, 0.4) is 0 Å². The summed E-state index contributed by atoms with van der Waals surface area (Å²) in [7, 11) is 0. The van der Waals surface area contributed by atoms with Crippen LogP contribution in [-0.2, 0) is 20.9 Å². The highest BCUT2D eigenvalue weighted by atomic mass is 32.1. The number of hydrogen-bond donors (Lipinski definition) is 2. The number of carbonyl (C=O) groups is 2. The van der Waals surface area contributed by atoms with Crippen molar-refractivity contribution in [3.63, 3.8) is 0 Å². The Labute approximate surface area is 126 Å². The van der Waals surface area contributed by atoms with Crippen molar-refractivity contribution >= 4 is 30.3 Å². The fraction of sp³-hybridized carbons (Fsp3) is 0.545. The number of nitrogens with zero attached hydrogens (tertiary/aromatic N) is 3. The molecule has 0 fully saturated rings. The van der Waals surface area contributed by atoms with Crippen molar-refractivity contribution < 1.29 is 19.2 Å². The van der Waals surface area contributed by atoms with E-state index in [4.69, 9.17) is 4.74 Å². The van der Waals surface area contributed by atoms with E-state index in [2.05, 4.69) is 23.0 Å². The number of amides is 1. The second kappa shape index (κ2) is 8.25. The van der Waals surface area contributed by atoms with Crippen LogP contribution in [0.1, 0.15) is 13.3 Å². The summed E-state index contributed by atoms with van der Waals surface area (Å²) in [5.74, 6) is -1.09. The number of ether oxygens (including phenoxy) is 1. The largest absolute Gasteiger partial charge is 0.464 e. The van der Waals surface area contributed by atoms with Crippen molar-refractivity contribution in [2.45, 2.75) is 25.9 Å². The van der Waals surface area contributed by atoms with E-state index in [0.29, 0.717) is 0 Å². The second-order valence-corrected chi connectivity index (χ2v) is 4.36. The van der Waals surface area contributed by atoms with E-state index >= 15 is 0 Å². The molecule has 0 aromatic carbocycles. The Morgan fingerprint density at radius 2 is 2.33 bits per heavy atom. The summed E-state index contributed by atoms with van der Waals surface area (Å²) in [5.41, 5.74) is 0. The summed E-state index contributed by atoms with van der Waals surface area (Å²) in [6.45, 7) is 2.05. The molecule has 1 atom stereocenters. The van der Waals surface area contributed by atoms with Crippen LogP contribution >= 0.6 is 12.6 Å². The van der Waals surface area contributed by atoms with Crippen LogP contribution in [0.5, 0.6) is 0 Å². The van der Waals surface area contributed by atoms with Gasteiger partial charge < -0.3 is 20.2 Å². The van der Waals surface area contributed by atoms with E-state index in [0.717, 1.165) is 0 Å². The Bertz CT molecular complexity index is 518. The SMILES string of the molecule is CCOC(=O)[C@H](CS)NC(=O)CCn1ccc([N+](=O)[O-])n1. The molecular weight excluding hydrogens is 300 g/mol. The fourth-order valence-electron chi connectivity index (χ4n) is 1.48. The Hall–Kier alpha value is -2.10. The van der Waals surface area contributed by atoms with E-state index < -0.39 is 16.9 Å². The zero-order valence-corrected chi connectivity index (χ0v) is 12.3. The zero-order valence-electron chi connectivity index (χ0n) is 11.4. The van der Waals surface area contributed by atoms with Crippen LogP contribution in [0.15, 0.2) is 12.3 Å². The molecular formula is C11H16N4O5S. The molecule has 1 heterocycles. The minimum Gasteiger partial charge on any atom is -0.464 e. The molecule has 0 spiro atoms. The summed E-state index contributed by atoms with van der Waals surface area (Å²) in [6.07, 6.45) is 1.44. The predicted molar refractivity (Wildman–Crippen MR) is 75.9 cm³/mol. The average molecular weight is 316 g/mol. The molecule has 0 bridgehead atoms. The van der Waals surface area contributed by atoms with Crippen molar-refractivity contribution in [1.29, 1.82) is 0 Å². The minimum atomic E-state index is -0.812. The van der Waals surface area contributed by atoms with Crippen molar-refractivity contribution in [3.05, 3.63) is 22.4 Å². The third kappa shape index (κ3) is 5.42. The zero-order chi connectivity index (χ0) is 15.8. The molecule has 0 aliphatic rings. The summed E-state index contributed by atoms with van der Waals surface area (Å²) < 4.78 is 6.08. The Morgan fingerprint density at radius 3 is 2.86 bits per heavy atom. The first kappa shape index (κ1) is 17.0. The lowest BCUT2D eigenvalue weighted by Crippen LogP contribution is -2.43. The molecule has 116 valence electrons. The van der Waals surface area contributed by atoms with E-state index in [1.165, 1.54) is 16.9 Å². The molecule has 0 unspecified atom stereocenters. The van der Waals surface area contributed by atoms with Gasteiger partial charge in [-0.3, -0.25) is 4.79 Å². The first-order valence-electron chi connectivity index (χ1n) is 6.22. The molecule has 1 amide bonds. The summed E-state index contributed by atoms with van der Waals surface area (Å²) >= 11 is 3.98. The van der Waals surface area contributed by atoms with Crippen LogP contribution in [0, 0.1) is 10.1 Å². The molecule has 1 rings (SSSR count). The van der Waals surface area contributed by atoms with Crippen LogP contribution in [-0.4, -0.2) is 45.0 Å². The molecule has 21 heavy (non-hydrogen) atoms. The number of rotatable bonds is 8. The quantitative estimate of drug-likeness (QED) is 0.305. The average Bonchev–Trinajstić information content (AvgIpc) is 2.91. The first-order valence-corrected chi connectivity index (χ1v) is 6.85. The Balaban J connectivity index is 2.45. The van der Waals surface area contributed by atoms with Crippen molar-refractivity contribution in [2.24, 2.45) is 0 Å². The summed E-state index contributed by atoms with van der Waals surface area (Å²) in [6, 6.07) is 0.431. The molecule has 0 aliphatic heterocycles. The van der Waals surface area contributed by atoms with Gasteiger partial charge in [-0.15, -0.1) is 0 Å². The fourth-order valence-corrected chi connectivity index (χ4v) is 1.72. The molecule has 0 aliphatic carbocycles. The summed E-state index contributed by atoms with van der Waals surface area (Å²) in [4.78, 5) is 33.0. The van der Waals surface area contributed by atoms with Gasteiger partial charge >= 0.3 is 11.8 Å². The lowest BCUT2D eigenvalue weighted by atomic mass is 10.3. The molecule has 1 aromatic heterocycles. The number of hydrogen-bond acceptors (Lipinski definition) is 7. The number of aromatic nitrogens is 2. The van der Waals surface area contributed by atoms with Crippen molar-refractivity contribution in [3.8, 4) is 0 Å². The highest BCUT2D eigenvalue weighted by molar-refractivity contribution is 7.80. The Morgan fingerprint density at radius 1 is 1.62 bits per heavy atom. The molecule has 0 saturated heterocycles. The van der Waals surface area contributed by atoms with Gasteiger partial charge in [0, 0.05) is 12.2 Å². The topological polar surface area (TPSA) is 116 Å². The van der Waals surface area contributed by atoms with E-state index in [9.17, 15) is 19.7 Å². The van der Waals surface area contributed by atoms with Crippen molar-refractivity contribution in [1.82, 2.24) is 15.1 Å². The minimum absolute atomic E-state index is 0.0303. The van der Waals surface area contributed by atoms with Gasteiger partial charge in [0.1, 0.15) is 6.04 Å². The lowest BCUT2D eigenvalue weighted by molar-refractivity contribution is -0.389. The molecule has 9 nitrogen and oxygen atoms in total. The molecule has 0 saturated carbocycles. The van der Waals surface area contributed by atoms with Gasteiger partial charge in [-0.2, -0.15) is 17.3 Å². The van der Waals surface area contributed by atoms with Gasteiger partial charge in [-0.25, -0.2) is 4.79 Å². The highest BCUT2D eigenvalue weighted by Gasteiger charge is 2.20. The second-order valence-electron chi connectivity index (χ2n) is 4.00. The van der Waals surface area contributed by atoms with Gasteiger partial charge in [-0.05, 0) is 11.8 Å². The number of esters is 1. The van der Waals surface area contributed by atoms with Gasteiger partial charge in [0.15, 0.2) is 0 Å². The number of nitro groups is 1. The monoisotopic (exact) mass is 316 g/mol. The maximum Gasteiger partial charge on any atom is 0.389 e. The van der Waals surface area contributed by atoms with Gasteiger partial charge in [-0.1, -0.05) is 0 Å². The number of thiol groups is 1. The van der Waals surface area contributed by atoms with Gasteiger partial charge in [0.05, 0.1) is 30.5 Å². The number of carbonyl (C=O) groups excluding carboxylic acids is 2. The summed E-state index contributed by atoms with van der Waals surface area (Å²) in [5, 5.41) is 16.6. The molecule has 10 heteroatoms. The van der Waals surface area contributed by atoms with Gasteiger partial charge in [0.2, 0.25) is 5.91 Å². The van der Waals surface area contributed by atoms with E-state index in [1.54, 1.807) is 6.92 Å². The molecule has 0 radical (unpaired) electrons. The molecule has 1 N–H and O–H groups in total. The number of aryl methyl sites for hydroxylation is 1. The third-order valence-electron chi connectivity index (χ3n) is 2.47. The highest BCUT2D eigenvalue weighted by Crippen LogP contribution is 2.05. The van der Waals surface area contributed by atoms with Crippen molar-refractivity contribution in [2.75, 3.05) is 12.4 Å². The normalized spacial score (nSPS) is 11.7.